The van der Waals surface area contributed by atoms with Crippen molar-refractivity contribution in [2.24, 2.45) is 0 Å². The van der Waals surface area contributed by atoms with Crippen molar-refractivity contribution >= 4 is 15.9 Å². The second-order valence-corrected chi connectivity index (χ2v) is 4.85. The summed E-state index contributed by atoms with van der Waals surface area (Å²) >= 11 is 3.56. The summed E-state index contributed by atoms with van der Waals surface area (Å²) in [5.41, 5.74) is 3.73. The molecule has 0 saturated carbocycles. The lowest BCUT2D eigenvalue weighted by Crippen LogP contribution is -1.86. The zero-order valence-electron chi connectivity index (χ0n) is 10.0. The number of ether oxygens (including phenoxy) is 1. The fourth-order valence-corrected chi connectivity index (χ4v) is 2.36. The molecule has 0 aliphatic rings. The minimum atomic E-state index is 0.889. The van der Waals surface area contributed by atoms with Crippen LogP contribution in [0.1, 0.15) is 12.5 Å². The molecule has 2 aromatic rings. The van der Waals surface area contributed by atoms with E-state index in [1.165, 1.54) is 16.7 Å². The van der Waals surface area contributed by atoms with Gasteiger partial charge in [0.1, 0.15) is 5.75 Å². The van der Waals surface area contributed by atoms with Crippen molar-refractivity contribution in [3.63, 3.8) is 0 Å². The summed E-state index contributed by atoms with van der Waals surface area (Å²) in [7, 11) is 1.69. The SMILES string of the molecule is CCc1cc(Br)cc(-c2cccc(OC)c2)c1. The minimum absolute atomic E-state index is 0.889. The molecule has 0 spiro atoms. The lowest BCUT2D eigenvalue weighted by atomic mass is 10.0. The second kappa shape index (κ2) is 5.37. The van der Waals surface area contributed by atoms with Gasteiger partial charge in [0.15, 0.2) is 0 Å². The third kappa shape index (κ3) is 2.89. The van der Waals surface area contributed by atoms with Crippen molar-refractivity contribution < 1.29 is 4.74 Å². The molecule has 0 aromatic heterocycles. The van der Waals surface area contributed by atoms with Gasteiger partial charge in [-0.3, -0.25) is 0 Å². The monoisotopic (exact) mass is 290 g/mol. The van der Waals surface area contributed by atoms with E-state index in [9.17, 15) is 0 Å². The largest absolute Gasteiger partial charge is 0.497 e. The van der Waals surface area contributed by atoms with E-state index in [-0.39, 0.29) is 0 Å². The summed E-state index contributed by atoms with van der Waals surface area (Å²) in [5.74, 6) is 0.889. The van der Waals surface area contributed by atoms with Gasteiger partial charge in [-0.25, -0.2) is 0 Å². The smallest absolute Gasteiger partial charge is 0.119 e. The zero-order valence-corrected chi connectivity index (χ0v) is 11.6. The van der Waals surface area contributed by atoms with E-state index >= 15 is 0 Å². The quantitative estimate of drug-likeness (QED) is 0.797. The highest BCUT2D eigenvalue weighted by Gasteiger charge is 2.02. The molecule has 0 amide bonds. The summed E-state index contributed by atoms with van der Waals surface area (Å²) in [6, 6.07) is 14.6. The van der Waals surface area contributed by atoms with Crippen LogP contribution < -0.4 is 4.74 Å². The first-order chi connectivity index (χ1) is 8.22. The van der Waals surface area contributed by atoms with Gasteiger partial charge in [0, 0.05) is 4.47 Å². The molecule has 17 heavy (non-hydrogen) atoms. The fourth-order valence-electron chi connectivity index (χ4n) is 1.82. The molecule has 0 aliphatic carbocycles. The van der Waals surface area contributed by atoms with Gasteiger partial charge in [-0.2, -0.15) is 0 Å². The molecule has 0 heterocycles. The summed E-state index contributed by atoms with van der Waals surface area (Å²) in [6.07, 6.45) is 1.04. The third-order valence-electron chi connectivity index (χ3n) is 2.77. The standard InChI is InChI=1S/C15H15BrO/c1-3-11-7-13(9-14(16)8-11)12-5-4-6-15(10-12)17-2/h4-10H,3H2,1-2H3. The van der Waals surface area contributed by atoms with Crippen LogP contribution in [-0.4, -0.2) is 7.11 Å². The Morgan fingerprint density at radius 1 is 1.06 bits per heavy atom. The Kier molecular flexibility index (Phi) is 3.85. The average molecular weight is 291 g/mol. The normalized spacial score (nSPS) is 10.3. The molecule has 88 valence electrons. The summed E-state index contributed by atoms with van der Waals surface area (Å²) in [5, 5.41) is 0. The molecule has 2 aromatic carbocycles. The maximum absolute atomic E-state index is 5.25. The molecule has 0 unspecified atom stereocenters. The molecule has 2 rings (SSSR count). The first-order valence-electron chi connectivity index (χ1n) is 5.67. The van der Waals surface area contributed by atoms with Crippen LogP contribution in [0.5, 0.6) is 5.75 Å². The molecular weight excluding hydrogens is 276 g/mol. The van der Waals surface area contributed by atoms with Crippen molar-refractivity contribution in [1.29, 1.82) is 0 Å². The van der Waals surface area contributed by atoms with Gasteiger partial charge in [0.25, 0.3) is 0 Å². The van der Waals surface area contributed by atoms with Gasteiger partial charge in [-0.1, -0.05) is 41.1 Å². The van der Waals surface area contributed by atoms with E-state index in [2.05, 4.69) is 53.2 Å². The second-order valence-electron chi connectivity index (χ2n) is 3.93. The van der Waals surface area contributed by atoms with Crippen LogP contribution in [0.25, 0.3) is 11.1 Å². The first kappa shape index (κ1) is 12.2. The van der Waals surface area contributed by atoms with Crippen LogP contribution in [0.2, 0.25) is 0 Å². The number of methoxy groups -OCH3 is 1. The van der Waals surface area contributed by atoms with Crippen LogP contribution in [0.3, 0.4) is 0 Å². The Labute approximate surface area is 111 Å². The summed E-state index contributed by atoms with van der Waals surface area (Å²) < 4.78 is 6.37. The first-order valence-corrected chi connectivity index (χ1v) is 6.46. The van der Waals surface area contributed by atoms with Crippen molar-refractivity contribution in [1.82, 2.24) is 0 Å². The summed E-state index contributed by atoms with van der Waals surface area (Å²) in [4.78, 5) is 0. The van der Waals surface area contributed by atoms with E-state index < -0.39 is 0 Å². The van der Waals surface area contributed by atoms with Crippen molar-refractivity contribution in [3.8, 4) is 16.9 Å². The molecule has 0 aliphatic heterocycles. The highest BCUT2D eigenvalue weighted by molar-refractivity contribution is 9.10. The molecule has 0 atom stereocenters. The zero-order chi connectivity index (χ0) is 12.3. The number of rotatable bonds is 3. The Morgan fingerprint density at radius 3 is 2.59 bits per heavy atom. The van der Waals surface area contributed by atoms with Crippen LogP contribution in [0, 0.1) is 0 Å². The topological polar surface area (TPSA) is 9.23 Å². The highest BCUT2D eigenvalue weighted by Crippen LogP contribution is 2.27. The Bertz CT molecular complexity index is 520. The van der Waals surface area contributed by atoms with Crippen LogP contribution in [0.15, 0.2) is 46.9 Å². The Balaban J connectivity index is 2.47. The number of hydrogen-bond acceptors (Lipinski definition) is 1. The van der Waals surface area contributed by atoms with Gasteiger partial charge in [0.05, 0.1) is 7.11 Å². The van der Waals surface area contributed by atoms with Gasteiger partial charge >= 0.3 is 0 Å². The number of halogens is 1. The lowest BCUT2D eigenvalue weighted by molar-refractivity contribution is 0.415. The predicted octanol–water partition coefficient (Wildman–Crippen LogP) is 4.69. The molecule has 0 N–H and O–H groups in total. The average Bonchev–Trinajstić information content (AvgIpc) is 2.38. The highest BCUT2D eigenvalue weighted by atomic mass is 79.9. The molecule has 0 bridgehead atoms. The minimum Gasteiger partial charge on any atom is -0.497 e. The van der Waals surface area contributed by atoms with Crippen LogP contribution in [-0.2, 0) is 6.42 Å². The molecular formula is C15H15BrO. The number of hydrogen-bond donors (Lipinski definition) is 0. The van der Waals surface area contributed by atoms with Gasteiger partial charge < -0.3 is 4.74 Å². The van der Waals surface area contributed by atoms with Gasteiger partial charge in [0.2, 0.25) is 0 Å². The van der Waals surface area contributed by atoms with Crippen LogP contribution in [0.4, 0.5) is 0 Å². The van der Waals surface area contributed by atoms with E-state index in [1.807, 2.05) is 12.1 Å². The van der Waals surface area contributed by atoms with Gasteiger partial charge in [-0.15, -0.1) is 0 Å². The fraction of sp³-hybridized carbons (Fsp3) is 0.200. The predicted molar refractivity (Wildman–Crippen MR) is 75.5 cm³/mol. The maximum atomic E-state index is 5.25. The van der Waals surface area contributed by atoms with E-state index in [1.54, 1.807) is 7.11 Å². The van der Waals surface area contributed by atoms with Gasteiger partial charge in [-0.05, 0) is 47.4 Å². The van der Waals surface area contributed by atoms with Crippen molar-refractivity contribution in [2.45, 2.75) is 13.3 Å². The molecule has 0 saturated heterocycles. The third-order valence-corrected chi connectivity index (χ3v) is 3.23. The van der Waals surface area contributed by atoms with Crippen molar-refractivity contribution in [2.75, 3.05) is 7.11 Å². The molecule has 0 radical (unpaired) electrons. The number of benzene rings is 2. The molecule has 1 nitrogen and oxygen atoms in total. The molecule has 2 heteroatoms. The van der Waals surface area contributed by atoms with E-state index in [4.69, 9.17) is 4.74 Å². The molecule has 0 fully saturated rings. The maximum Gasteiger partial charge on any atom is 0.119 e. The van der Waals surface area contributed by atoms with Crippen LogP contribution >= 0.6 is 15.9 Å². The number of aryl methyl sites for hydroxylation is 1. The summed E-state index contributed by atoms with van der Waals surface area (Å²) in [6.45, 7) is 2.16. The van der Waals surface area contributed by atoms with Crippen molar-refractivity contribution in [3.05, 3.63) is 52.5 Å². The van der Waals surface area contributed by atoms with E-state index in [0.717, 1.165) is 16.6 Å². The van der Waals surface area contributed by atoms with E-state index in [0.29, 0.717) is 0 Å². The lowest BCUT2D eigenvalue weighted by Gasteiger charge is -2.07. The Hall–Kier alpha value is -1.28. The Morgan fingerprint density at radius 2 is 1.88 bits per heavy atom.